The third-order valence-electron chi connectivity index (χ3n) is 5.95. The highest BCUT2D eigenvalue weighted by molar-refractivity contribution is 9.10. The van der Waals surface area contributed by atoms with Crippen molar-refractivity contribution in [3.8, 4) is 11.5 Å². The van der Waals surface area contributed by atoms with Crippen molar-refractivity contribution in [2.75, 3.05) is 14.2 Å². The number of ether oxygens (including phenoxy) is 2. The molecule has 1 aliphatic heterocycles. The van der Waals surface area contributed by atoms with Gasteiger partial charge in [0.25, 0.3) is 5.91 Å². The normalized spacial score (nSPS) is 15.0. The van der Waals surface area contributed by atoms with Crippen LogP contribution in [0.4, 0.5) is 0 Å². The van der Waals surface area contributed by atoms with Crippen molar-refractivity contribution >= 4 is 44.4 Å². The second-order valence-corrected chi connectivity index (χ2v) is 9.18. The highest BCUT2D eigenvalue weighted by Gasteiger charge is 2.43. The number of carbonyl (C=O) groups excluding carboxylic acids is 1. The van der Waals surface area contributed by atoms with E-state index >= 15 is 0 Å². The van der Waals surface area contributed by atoms with Gasteiger partial charge in [0.05, 0.1) is 31.2 Å². The van der Waals surface area contributed by atoms with E-state index in [4.69, 9.17) is 25.5 Å². The zero-order chi connectivity index (χ0) is 24.0. The molecule has 0 radical (unpaired) electrons. The van der Waals surface area contributed by atoms with Crippen molar-refractivity contribution < 1.29 is 18.7 Å². The van der Waals surface area contributed by atoms with Crippen LogP contribution in [0.1, 0.15) is 33.3 Å². The average Bonchev–Trinajstić information content (AvgIpc) is 3.12. The number of benzene rings is 3. The van der Waals surface area contributed by atoms with E-state index in [2.05, 4.69) is 15.9 Å². The van der Waals surface area contributed by atoms with Crippen LogP contribution in [0.25, 0.3) is 11.0 Å². The zero-order valence-corrected chi connectivity index (χ0v) is 20.6. The smallest absolute Gasteiger partial charge is 0.291 e. The second-order valence-electron chi connectivity index (χ2n) is 7.86. The molecule has 2 heterocycles. The van der Waals surface area contributed by atoms with Crippen LogP contribution >= 0.6 is 27.5 Å². The van der Waals surface area contributed by atoms with Crippen LogP contribution in [0.2, 0.25) is 5.02 Å². The van der Waals surface area contributed by atoms with Crippen molar-refractivity contribution in [2.24, 2.45) is 0 Å². The number of rotatable bonds is 5. The van der Waals surface area contributed by atoms with Gasteiger partial charge in [-0.1, -0.05) is 51.8 Å². The Hall–Kier alpha value is -3.29. The monoisotopic (exact) mass is 539 g/mol. The van der Waals surface area contributed by atoms with Crippen LogP contribution in [0.15, 0.2) is 74.3 Å². The van der Waals surface area contributed by atoms with E-state index in [1.807, 2.05) is 24.3 Å². The summed E-state index contributed by atoms with van der Waals surface area (Å²) in [6.45, 7) is 0.196. The van der Waals surface area contributed by atoms with Gasteiger partial charge in [0.15, 0.2) is 16.9 Å². The molecule has 172 valence electrons. The van der Waals surface area contributed by atoms with Gasteiger partial charge >= 0.3 is 0 Å². The summed E-state index contributed by atoms with van der Waals surface area (Å²) in [6, 6.07) is 17.1. The first-order chi connectivity index (χ1) is 16.4. The first-order valence-electron chi connectivity index (χ1n) is 10.5. The molecule has 1 unspecified atom stereocenters. The van der Waals surface area contributed by atoms with Crippen LogP contribution in [0.3, 0.4) is 0 Å². The molecule has 0 aliphatic carbocycles. The zero-order valence-electron chi connectivity index (χ0n) is 18.3. The van der Waals surface area contributed by atoms with E-state index in [1.165, 1.54) is 7.11 Å². The molecular weight excluding hydrogens is 522 g/mol. The van der Waals surface area contributed by atoms with Crippen molar-refractivity contribution in [3.63, 3.8) is 0 Å². The van der Waals surface area contributed by atoms with Crippen LogP contribution in [0.5, 0.6) is 11.5 Å². The van der Waals surface area contributed by atoms with Gasteiger partial charge in [0, 0.05) is 16.0 Å². The minimum Gasteiger partial charge on any atom is -0.493 e. The van der Waals surface area contributed by atoms with Gasteiger partial charge in [-0.2, -0.15) is 0 Å². The number of hydrogen-bond acceptors (Lipinski definition) is 5. The predicted molar refractivity (Wildman–Crippen MR) is 133 cm³/mol. The molecule has 34 heavy (non-hydrogen) atoms. The van der Waals surface area contributed by atoms with Crippen LogP contribution < -0.4 is 14.9 Å². The van der Waals surface area contributed by atoms with E-state index in [0.29, 0.717) is 33.1 Å². The third kappa shape index (κ3) is 3.65. The average molecular weight is 541 g/mol. The molecule has 0 saturated carbocycles. The maximum absolute atomic E-state index is 13.7. The lowest BCUT2D eigenvalue weighted by atomic mass is 9.97. The summed E-state index contributed by atoms with van der Waals surface area (Å²) < 4.78 is 17.6. The molecule has 4 aromatic rings. The Bertz CT molecular complexity index is 1500. The van der Waals surface area contributed by atoms with Gasteiger partial charge in [-0.3, -0.25) is 9.59 Å². The summed E-state index contributed by atoms with van der Waals surface area (Å²) in [5.74, 6) is 0.692. The molecule has 0 fully saturated rings. The van der Waals surface area contributed by atoms with Crippen LogP contribution in [-0.2, 0) is 6.54 Å². The molecule has 1 amide bonds. The van der Waals surface area contributed by atoms with Gasteiger partial charge in [0.2, 0.25) is 5.76 Å². The SMILES string of the molecule is COc1ccc(C2c3c(oc4ccc(Br)cc4c3=O)C(=O)N2Cc2ccccc2Cl)cc1OC. The van der Waals surface area contributed by atoms with Gasteiger partial charge < -0.3 is 18.8 Å². The fourth-order valence-electron chi connectivity index (χ4n) is 4.34. The van der Waals surface area contributed by atoms with E-state index in [9.17, 15) is 9.59 Å². The quantitative estimate of drug-likeness (QED) is 0.312. The standard InChI is InChI=1S/C26H19BrClNO5/c1-32-20-9-7-14(11-21(20)33-2)23-22-24(30)17-12-16(27)8-10-19(17)34-25(22)26(31)29(23)13-15-5-3-4-6-18(15)28/h3-12,23H,13H2,1-2H3. The Labute approximate surface area is 208 Å². The molecule has 0 saturated heterocycles. The number of fused-ring (bicyclic) bond motifs is 2. The van der Waals surface area contributed by atoms with Gasteiger partial charge in [-0.25, -0.2) is 0 Å². The molecule has 0 bridgehead atoms. The molecule has 0 spiro atoms. The Morgan fingerprint density at radius 2 is 1.76 bits per heavy atom. The van der Waals surface area contributed by atoms with Crippen LogP contribution in [-0.4, -0.2) is 25.0 Å². The molecule has 1 atom stereocenters. The molecular formula is C26H19BrClNO5. The summed E-state index contributed by atoms with van der Waals surface area (Å²) in [5.41, 5.74) is 1.84. The minimum absolute atomic E-state index is 0.0339. The predicted octanol–water partition coefficient (Wildman–Crippen LogP) is 5.97. The number of nitrogens with zero attached hydrogens (tertiary/aromatic N) is 1. The van der Waals surface area contributed by atoms with Gasteiger partial charge in [-0.05, 0) is 47.5 Å². The molecule has 6 nitrogen and oxygen atoms in total. The van der Waals surface area contributed by atoms with Gasteiger partial charge in [-0.15, -0.1) is 0 Å². The summed E-state index contributed by atoms with van der Waals surface area (Å²) >= 11 is 9.83. The second kappa shape index (κ2) is 8.81. The number of halogens is 2. The largest absolute Gasteiger partial charge is 0.493 e. The van der Waals surface area contributed by atoms with E-state index in [-0.39, 0.29) is 29.2 Å². The lowest BCUT2D eigenvalue weighted by Gasteiger charge is -2.26. The summed E-state index contributed by atoms with van der Waals surface area (Å²) in [7, 11) is 3.09. The van der Waals surface area contributed by atoms with E-state index in [0.717, 1.165) is 10.0 Å². The third-order valence-corrected chi connectivity index (χ3v) is 6.81. The first kappa shape index (κ1) is 22.5. The Kier molecular flexibility index (Phi) is 5.83. The highest BCUT2D eigenvalue weighted by Crippen LogP contribution is 2.42. The fourth-order valence-corrected chi connectivity index (χ4v) is 4.89. The lowest BCUT2D eigenvalue weighted by molar-refractivity contribution is 0.0714. The number of methoxy groups -OCH3 is 2. The molecule has 1 aliphatic rings. The lowest BCUT2D eigenvalue weighted by Crippen LogP contribution is -2.29. The van der Waals surface area contributed by atoms with Crippen molar-refractivity contribution in [3.05, 3.63) is 103 Å². The Morgan fingerprint density at radius 3 is 2.50 bits per heavy atom. The summed E-state index contributed by atoms with van der Waals surface area (Å²) in [4.78, 5) is 28.9. The van der Waals surface area contributed by atoms with Gasteiger partial charge in [0.1, 0.15) is 5.58 Å². The summed E-state index contributed by atoms with van der Waals surface area (Å²) in [5, 5.41) is 0.927. The van der Waals surface area contributed by atoms with Crippen LogP contribution in [0, 0.1) is 0 Å². The van der Waals surface area contributed by atoms with E-state index in [1.54, 1.807) is 48.4 Å². The number of amides is 1. The molecule has 1 aromatic heterocycles. The fraction of sp³-hybridized carbons (Fsp3) is 0.154. The van der Waals surface area contributed by atoms with Crippen molar-refractivity contribution in [2.45, 2.75) is 12.6 Å². The number of hydrogen-bond donors (Lipinski definition) is 0. The molecule has 8 heteroatoms. The van der Waals surface area contributed by atoms with Crippen molar-refractivity contribution in [1.29, 1.82) is 0 Å². The molecule has 3 aromatic carbocycles. The Morgan fingerprint density at radius 1 is 1.00 bits per heavy atom. The van der Waals surface area contributed by atoms with Crippen molar-refractivity contribution in [1.82, 2.24) is 4.90 Å². The maximum Gasteiger partial charge on any atom is 0.291 e. The Balaban J connectivity index is 1.75. The highest BCUT2D eigenvalue weighted by atomic mass is 79.9. The molecule has 0 N–H and O–H groups in total. The first-order valence-corrected chi connectivity index (χ1v) is 11.6. The summed E-state index contributed by atoms with van der Waals surface area (Å²) in [6.07, 6.45) is 0. The topological polar surface area (TPSA) is 69.0 Å². The maximum atomic E-state index is 13.7. The minimum atomic E-state index is -0.696. The molecule has 5 rings (SSSR count). The van der Waals surface area contributed by atoms with E-state index < -0.39 is 6.04 Å². The number of carbonyl (C=O) groups is 1.